The molecule has 0 aliphatic carbocycles. The van der Waals surface area contributed by atoms with Crippen molar-refractivity contribution in [2.24, 2.45) is 11.8 Å². The molecule has 36 heavy (non-hydrogen) atoms. The molecule has 200 valence electrons. The van der Waals surface area contributed by atoms with Gasteiger partial charge in [0.15, 0.2) is 0 Å². The second-order valence-corrected chi connectivity index (χ2v) is 9.06. The van der Waals surface area contributed by atoms with E-state index < -0.39 is 42.3 Å². The molecule has 1 aliphatic heterocycles. The number of amides is 2. The van der Waals surface area contributed by atoms with E-state index in [9.17, 15) is 28.0 Å². The molecule has 2 rings (SSSR count). The summed E-state index contributed by atoms with van der Waals surface area (Å²) >= 11 is 0. The number of ketones is 1. The number of hydrogen-bond donors (Lipinski definition) is 2. The predicted molar refractivity (Wildman–Crippen MR) is 126 cm³/mol. The maximum Gasteiger partial charge on any atom is 0.302 e. The second-order valence-electron chi connectivity index (χ2n) is 9.06. The van der Waals surface area contributed by atoms with Crippen LogP contribution in [-0.2, 0) is 28.7 Å². The Morgan fingerprint density at radius 1 is 1.06 bits per heavy atom. The van der Waals surface area contributed by atoms with Crippen LogP contribution in [-0.4, -0.2) is 48.6 Å². The molecule has 1 aromatic rings. The van der Waals surface area contributed by atoms with Gasteiger partial charge in [0.25, 0.3) is 6.43 Å². The van der Waals surface area contributed by atoms with Gasteiger partial charge in [-0.05, 0) is 43.4 Å². The fraction of sp³-hybridized carbons (Fsp3) is 0.600. The minimum absolute atomic E-state index is 0.0365. The van der Waals surface area contributed by atoms with E-state index >= 15 is 0 Å². The third-order valence-corrected chi connectivity index (χ3v) is 6.11. The van der Waals surface area contributed by atoms with E-state index in [0.29, 0.717) is 6.42 Å². The number of halogens is 2. The normalized spacial score (nSPS) is 23.6. The molecule has 1 fully saturated rings. The Kier molecular flexibility index (Phi) is 10.8. The van der Waals surface area contributed by atoms with Crippen molar-refractivity contribution in [2.45, 2.75) is 78.7 Å². The van der Waals surface area contributed by atoms with Crippen molar-refractivity contribution in [1.82, 2.24) is 5.32 Å². The molecule has 0 aromatic heterocycles. The summed E-state index contributed by atoms with van der Waals surface area (Å²) in [4.78, 5) is 46.2. The molecule has 2 N–H and O–H groups in total. The number of nitrogens with one attached hydrogen (secondary N) is 2. The molecule has 1 aliphatic rings. The number of esters is 1. The van der Waals surface area contributed by atoms with Crippen molar-refractivity contribution in [1.29, 1.82) is 0 Å². The lowest BCUT2D eigenvalue weighted by atomic mass is 9.82. The molecule has 9 nitrogen and oxygen atoms in total. The number of carbonyl (C=O) groups is 4. The lowest BCUT2D eigenvalue weighted by Gasteiger charge is -2.44. The van der Waals surface area contributed by atoms with E-state index in [-0.39, 0.29) is 54.4 Å². The van der Waals surface area contributed by atoms with Crippen molar-refractivity contribution in [3.63, 3.8) is 0 Å². The number of alkyl halides is 2. The SMILES string of the molecule is CC(=O)CCCC(=O)Nc1ccc(O[C@@H]2OC(COC(C)=O)[C@@H](C)[C@H](C)C2NC(C)=O)c(C(F)F)c1. The molecule has 5 atom stereocenters. The monoisotopic (exact) mass is 512 g/mol. The van der Waals surface area contributed by atoms with Crippen LogP contribution in [0.3, 0.4) is 0 Å². The van der Waals surface area contributed by atoms with Crippen molar-refractivity contribution in [3.05, 3.63) is 23.8 Å². The number of Topliss-reactive ketones (excluding diaryl/α,β-unsaturated/α-hetero) is 1. The van der Waals surface area contributed by atoms with Crippen LogP contribution in [0.15, 0.2) is 18.2 Å². The maximum atomic E-state index is 13.9. The van der Waals surface area contributed by atoms with Crippen molar-refractivity contribution in [3.8, 4) is 5.75 Å². The summed E-state index contributed by atoms with van der Waals surface area (Å²) in [5, 5.41) is 5.31. The van der Waals surface area contributed by atoms with Crippen LogP contribution < -0.4 is 15.4 Å². The number of anilines is 1. The van der Waals surface area contributed by atoms with Gasteiger partial charge in [-0.2, -0.15) is 0 Å². The van der Waals surface area contributed by atoms with Gasteiger partial charge >= 0.3 is 5.97 Å². The molecule has 0 radical (unpaired) electrons. The fourth-order valence-electron chi connectivity index (χ4n) is 3.97. The summed E-state index contributed by atoms with van der Waals surface area (Å²) < 4.78 is 44.8. The van der Waals surface area contributed by atoms with E-state index in [4.69, 9.17) is 14.2 Å². The van der Waals surface area contributed by atoms with Gasteiger partial charge in [0.2, 0.25) is 18.1 Å². The Morgan fingerprint density at radius 2 is 1.75 bits per heavy atom. The number of ether oxygens (including phenoxy) is 3. The molecule has 0 spiro atoms. The summed E-state index contributed by atoms with van der Waals surface area (Å²) in [7, 11) is 0. The molecule has 0 bridgehead atoms. The largest absolute Gasteiger partial charge is 0.463 e. The first kappa shape index (κ1) is 29.2. The summed E-state index contributed by atoms with van der Waals surface area (Å²) in [6.45, 7) is 7.72. The van der Waals surface area contributed by atoms with E-state index in [1.54, 1.807) is 0 Å². The topological polar surface area (TPSA) is 120 Å². The third-order valence-electron chi connectivity index (χ3n) is 6.11. The number of rotatable bonds is 11. The first-order chi connectivity index (χ1) is 16.9. The Balaban J connectivity index is 2.24. The summed E-state index contributed by atoms with van der Waals surface area (Å²) in [5.74, 6) is -1.78. The van der Waals surface area contributed by atoms with Gasteiger partial charge in [-0.3, -0.25) is 14.4 Å². The zero-order valence-electron chi connectivity index (χ0n) is 21.1. The summed E-state index contributed by atoms with van der Waals surface area (Å²) in [6.07, 6.45) is -3.94. The number of benzene rings is 1. The Labute approximate surface area is 209 Å². The van der Waals surface area contributed by atoms with Crippen LogP contribution >= 0.6 is 0 Å². The van der Waals surface area contributed by atoms with Crippen molar-refractivity contribution >= 4 is 29.3 Å². The standard InChI is InChI=1S/C25H34F2N2O7/c1-13(30)7-6-8-22(33)29-18-9-10-20(19(11-18)24(26)27)35-25-23(28-16(4)31)15(3)14(2)21(36-25)12-34-17(5)32/h9-11,14-15,21,23-25H,6-8,12H2,1-5H3,(H,28,31)(H,29,33)/t14-,15-,21?,23?,25+/m0/s1. The molecular weight excluding hydrogens is 478 g/mol. The molecule has 2 unspecified atom stereocenters. The highest BCUT2D eigenvalue weighted by atomic mass is 19.3. The van der Waals surface area contributed by atoms with Crippen molar-refractivity contribution < 1.29 is 42.2 Å². The Hall–Kier alpha value is -3.08. The molecular formula is C25H34F2N2O7. The van der Waals surface area contributed by atoms with E-state index in [2.05, 4.69) is 10.6 Å². The zero-order valence-corrected chi connectivity index (χ0v) is 21.1. The highest BCUT2D eigenvalue weighted by Gasteiger charge is 2.44. The molecule has 1 aromatic carbocycles. The molecule has 1 heterocycles. The maximum absolute atomic E-state index is 13.9. The van der Waals surface area contributed by atoms with Crippen LogP contribution in [0, 0.1) is 11.8 Å². The van der Waals surface area contributed by atoms with Crippen LogP contribution in [0.2, 0.25) is 0 Å². The quantitative estimate of drug-likeness (QED) is 0.433. The molecule has 0 saturated carbocycles. The van der Waals surface area contributed by atoms with Crippen LogP contribution in [0.5, 0.6) is 5.75 Å². The lowest BCUT2D eigenvalue weighted by Crippen LogP contribution is -2.59. The summed E-state index contributed by atoms with van der Waals surface area (Å²) in [5.41, 5.74) is -0.312. The smallest absolute Gasteiger partial charge is 0.302 e. The zero-order chi connectivity index (χ0) is 27.0. The minimum Gasteiger partial charge on any atom is -0.463 e. The van der Waals surface area contributed by atoms with Gasteiger partial charge in [-0.25, -0.2) is 8.78 Å². The van der Waals surface area contributed by atoms with Gasteiger partial charge in [0.1, 0.15) is 18.1 Å². The summed E-state index contributed by atoms with van der Waals surface area (Å²) in [6, 6.07) is 3.17. The predicted octanol–water partition coefficient (Wildman–Crippen LogP) is 3.77. The highest BCUT2D eigenvalue weighted by molar-refractivity contribution is 5.91. The van der Waals surface area contributed by atoms with E-state index in [1.807, 2.05) is 13.8 Å². The molecule has 2 amide bonds. The number of hydrogen-bond acceptors (Lipinski definition) is 7. The molecule has 1 saturated heterocycles. The second kappa shape index (κ2) is 13.3. The van der Waals surface area contributed by atoms with E-state index in [1.165, 1.54) is 32.9 Å². The first-order valence-electron chi connectivity index (χ1n) is 11.8. The van der Waals surface area contributed by atoms with Crippen LogP contribution in [0.1, 0.15) is 65.9 Å². The fourth-order valence-corrected chi connectivity index (χ4v) is 3.97. The van der Waals surface area contributed by atoms with Crippen LogP contribution in [0.25, 0.3) is 0 Å². The van der Waals surface area contributed by atoms with Crippen LogP contribution in [0.4, 0.5) is 14.5 Å². The van der Waals surface area contributed by atoms with Gasteiger partial charge in [0.05, 0.1) is 17.7 Å². The average Bonchev–Trinajstić information content (AvgIpc) is 2.78. The number of carbonyl (C=O) groups excluding carboxylic acids is 4. The molecule has 11 heteroatoms. The van der Waals surface area contributed by atoms with Crippen molar-refractivity contribution in [2.75, 3.05) is 11.9 Å². The van der Waals surface area contributed by atoms with Gasteiger partial charge < -0.3 is 29.6 Å². The Bertz CT molecular complexity index is 954. The average molecular weight is 513 g/mol. The Morgan fingerprint density at radius 3 is 2.33 bits per heavy atom. The lowest BCUT2D eigenvalue weighted by molar-refractivity contribution is -0.213. The van der Waals surface area contributed by atoms with E-state index in [0.717, 1.165) is 6.07 Å². The third kappa shape index (κ3) is 8.54. The minimum atomic E-state index is -2.93. The van der Waals surface area contributed by atoms with Gasteiger partial charge in [-0.1, -0.05) is 13.8 Å². The van der Waals surface area contributed by atoms with Gasteiger partial charge in [0, 0.05) is 32.4 Å². The highest BCUT2D eigenvalue weighted by Crippen LogP contribution is 2.36. The first-order valence-corrected chi connectivity index (χ1v) is 11.8. The van der Waals surface area contributed by atoms with Gasteiger partial charge in [-0.15, -0.1) is 0 Å².